The number of anilines is 3. The summed E-state index contributed by atoms with van der Waals surface area (Å²) in [7, 11) is -3.50. The minimum Gasteiger partial charge on any atom is -0.326 e. The van der Waals surface area contributed by atoms with Crippen LogP contribution in [0.1, 0.15) is 18.4 Å². The number of nitrogens with zero attached hydrogens (tertiary/aromatic N) is 2. The van der Waals surface area contributed by atoms with Gasteiger partial charge in [0.15, 0.2) is 0 Å². The molecule has 13 heteroatoms. The van der Waals surface area contributed by atoms with Gasteiger partial charge in [-0.3, -0.25) is 14.5 Å². The van der Waals surface area contributed by atoms with Gasteiger partial charge in [-0.15, -0.1) is 0 Å². The molecule has 1 aliphatic heterocycles. The van der Waals surface area contributed by atoms with Crippen molar-refractivity contribution < 1.29 is 31.2 Å². The van der Waals surface area contributed by atoms with Gasteiger partial charge in [0.25, 0.3) is 0 Å². The molecule has 1 fully saturated rings. The number of carbonyl (C=O) groups is 2. The quantitative estimate of drug-likeness (QED) is 0.421. The largest absolute Gasteiger partial charge is 0.416 e. The fourth-order valence-corrected chi connectivity index (χ4v) is 4.61. The number of aromatic nitrogens is 1. The number of pyridine rings is 1. The Morgan fingerprint density at radius 1 is 1.05 bits per heavy atom. The Labute approximate surface area is 217 Å². The van der Waals surface area contributed by atoms with E-state index in [4.69, 9.17) is 0 Å². The van der Waals surface area contributed by atoms with Crippen molar-refractivity contribution in [1.82, 2.24) is 10.3 Å². The van der Waals surface area contributed by atoms with Gasteiger partial charge < -0.3 is 15.5 Å². The molecule has 38 heavy (non-hydrogen) atoms. The van der Waals surface area contributed by atoms with Crippen molar-refractivity contribution in [2.45, 2.75) is 25.1 Å². The summed E-state index contributed by atoms with van der Waals surface area (Å²) in [5.74, 6) is -0.354. The molecule has 0 bridgehead atoms. The van der Waals surface area contributed by atoms with Crippen LogP contribution in [0.2, 0.25) is 0 Å². The van der Waals surface area contributed by atoms with Crippen LogP contribution in [0.3, 0.4) is 0 Å². The molecule has 0 spiro atoms. The first-order valence-electron chi connectivity index (χ1n) is 11.5. The first kappa shape index (κ1) is 26.9. The number of benzene rings is 2. The maximum Gasteiger partial charge on any atom is 0.416 e. The average molecular weight is 548 g/mol. The van der Waals surface area contributed by atoms with E-state index in [0.717, 1.165) is 30.5 Å². The lowest BCUT2D eigenvalue weighted by Gasteiger charge is -2.32. The second-order valence-corrected chi connectivity index (χ2v) is 10.4. The molecule has 1 aromatic heterocycles. The van der Waals surface area contributed by atoms with Crippen LogP contribution in [0.4, 0.5) is 35.0 Å². The predicted octanol–water partition coefficient (Wildman–Crippen LogP) is 4.46. The van der Waals surface area contributed by atoms with E-state index >= 15 is 0 Å². The Kier molecular flexibility index (Phi) is 7.58. The van der Waals surface area contributed by atoms with Crippen LogP contribution in [0.15, 0.2) is 66.9 Å². The number of hydrogen-bond acceptors (Lipinski definition) is 5. The van der Waals surface area contributed by atoms with E-state index in [1.165, 1.54) is 11.1 Å². The Hall–Kier alpha value is -4.13. The Morgan fingerprint density at radius 2 is 1.76 bits per heavy atom. The van der Waals surface area contributed by atoms with E-state index in [9.17, 15) is 31.2 Å². The summed E-state index contributed by atoms with van der Waals surface area (Å²) in [6.07, 6.45) is -0.945. The second-order valence-electron chi connectivity index (χ2n) is 8.68. The summed E-state index contributed by atoms with van der Waals surface area (Å²) in [5.41, 5.74) is 1.25. The zero-order valence-electron chi connectivity index (χ0n) is 20.1. The molecule has 0 radical (unpaired) electrons. The zero-order chi connectivity index (χ0) is 27.5. The number of alkyl halides is 3. The molecular formula is C25H24F3N5O4S. The Balaban J connectivity index is 1.42. The fraction of sp³-hybridized carbons (Fsp3) is 0.240. The smallest absolute Gasteiger partial charge is 0.326 e. The highest BCUT2D eigenvalue weighted by atomic mass is 32.2. The lowest BCUT2D eigenvalue weighted by Crippen LogP contribution is -2.53. The van der Waals surface area contributed by atoms with Gasteiger partial charge in [-0.05, 0) is 55.3 Å². The van der Waals surface area contributed by atoms with Gasteiger partial charge in [0, 0.05) is 17.8 Å². The molecule has 9 nitrogen and oxygen atoms in total. The number of amides is 3. The first-order chi connectivity index (χ1) is 17.9. The standard InChI is InChI=1S/C25H24F3N5O4S/c1-38(36,37)32-21-6-3-2-5-19(21)20-13-12-18(15-29-20)33-14-4-7-22(23(33)34)31-24(35)30-17-10-8-16(9-11-17)25(26,27)28/h2-3,5-6,8-13,15,22,32H,4,7,14H2,1H3,(H2,30,31,35)/t22-/m1/s1. The number of halogens is 3. The molecule has 1 aliphatic rings. The Bertz CT molecular complexity index is 1430. The van der Waals surface area contributed by atoms with Crippen LogP contribution in [0.25, 0.3) is 11.3 Å². The van der Waals surface area contributed by atoms with Crippen molar-refractivity contribution in [2.75, 3.05) is 27.7 Å². The number of carbonyl (C=O) groups excluding carboxylic acids is 2. The number of rotatable bonds is 6. The van der Waals surface area contributed by atoms with Crippen LogP contribution < -0.4 is 20.3 Å². The lowest BCUT2D eigenvalue weighted by molar-refractivity contribution is -0.137. The molecule has 2 aromatic carbocycles. The van der Waals surface area contributed by atoms with E-state index in [0.29, 0.717) is 42.0 Å². The molecular weight excluding hydrogens is 523 g/mol. The highest BCUT2D eigenvalue weighted by molar-refractivity contribution is 7.92. The molecule has 0 saturated carbocycles. The number of piperidine rings is 1. The van der Waals surface area contributed by atoms with E-state index < -0.39 is 33.8 Å². The topological polar surface area (TPSA) is 121 Å². The summed E-state index contributed by atoms with van der Waals surface area (Å²) < 4.78 is 64.0. The van der Waals surface area contributed by atoms with Gasteiger partial charge in [-0.2, -0.15) is 13.2 Å². The third-order valence-corrected chi connectivity index (χ3v) is 6.36. The first-order valence-corrected chi connectivity index (χ1v) is 13.4. The van der Waals surface area contributed by atoms with Gasteiger partial charge in [0.05, 0.1) is 35.1 Å². The molecule has 1 atom stereocenters. The van der Waals surface area contributed by atoms with Crippen LogP contribution in [0.5, 0.6) is 0 Å². The molecule has 0 aliphatic carbocycles. The summed E-state index contributed by atoms with van der Waals surface area (Å²) in [4.78, 5) is 31.4. The third-order valence-electron chi connectivity index (χ3n) is 5.77. The number of nitrogens with one attached hydrogen (secondary N) is 3. The molecule has 2 heterocycles. The molecule has 3 N–H and O–H groups in total. The third kappa shape index (κ3) is 6.59. The van der Waals surface area contributed by atoms with Gasteiger partial charge in [-0.1, -0.05) is 18.2 Å². The van der Waals surface area contributed by atoms with Crippen LogP contribution in [0, 0.1) is 0 Å². The number of para-hydroxylation sites is 1. The maximum absolute atomic E-state index is 13.1. The molecule has 0 unspecified atom stereocenters. The lowest BCUT2D eigenvalue weighted by atomic mass is 10.0. The van der Waals surface area contributed by atoms with Crippen LogP contribution in [-0.4, -0.2) is 44.2 Å². The van der Waals surface area contributed by atoms with E-state index in [-0.39, 0.29) is 11.6 Å². The minimum atomic E-state index is -4.48. The van der Waals surface area contributed by atoms with Crippen molar-refractivity contribution in [3.8, 4) is 11.3 Å². The van der Waals surface area contributed by atoms with Crippen molar-refractivity contribution >= 4 is 39.0 Å². The molecule has 4 rings (SSSR count). The summed E-state index contributed by atoms with van der Waals surface area (Å²) in [5, 5.41) is 5.02. The predicted molar refractivity (Wildman–Crippen MR) is 137 cm³/mol. The number of sulfonamides is 1. The van der Waals surface area contributed by atoms with Crippen molar-refractivity contribution in [3.63, 3.8) is 0 Å². The molecule has 3 amide bonds. The van der Waals surface area contributed by atoms with Gasteiger partial charge in [-0.25, -0.2) is 13.2 Å². The van der Waals surface area contributed by atoms with Gasteiger partial charge in [0.2, 0.25) is 15.9 Å². The number of hydrogen-bond donors (Lipinski definition) is 3. The van der Waals surface area contributed by atoms with E-state index in [2.05, 4.69) is 20.3 Å². The monoisotopic (exact) mass is 547 g/mol. The summed E-state index contributed by atoms with van der Waals surface area (Å²) in [6.45, 7) is 0.408. The van der Waals surface area contributed by atoms with E-state index in [1.807, 2.05) is 0 Å². The highest BCUT2D eigenvalue weighted by Gasteiger charge is 2.32. The normalized spacial score (nSPS) is 16.2. The van der Waals surface area contributed by atoms with Crippen molar-refractivity contribution in [2.24, 2.45) is 0 Å². The zero-order valence-corrected chi connectivity index (χ0v) is 20.9. The van der Waals surface area contributed by atoms with Crippen LogP contribution in [-0.2, 0) is 21.0 Å². The van der Waals surface area contributed by atoms with Gasteiger partial charge >= 0.3 is 12.2 Å². The molecule has 3 aromatic rings. The summed E-state index contributed by atoms with van der Waals surface area (Å²) >= 11 is 0. The molecule has 200 valence electrons. The Morgan fingerprint density at radius 3 is 2.39 bits per heavy atom. The number of urea groups is 1. The second kappa shape index (κ2) is 10.7. The maximum atomic E-state index is 13.1. The van der Waals surface area contributed by atoms with E-state index in [1.54, 1.807) is 36.4 Å². The van der Waals surface area contributed by atoms with Crippen LogP contribution >= 0.6 is 0 Å². The van der Waals surface area contributed by atoms with Crippen molar-refractivity contribution in [1.29, 1.82) is 0 Å². The highest BCUT2D eigenvalue weighted by Crippen LogP contribution is 2.30. The fourth-order valence-electron chi connectivity index (χ4n) is 4.03. The van der Waals surface area contributed by atoms with Gasteiger partial charge in [0.1, 0.15) is 6.04 Å². The minimum absolute atomic E-state index is 0.154. The van der Waals surface area contributed by atoms with Crippen molar-refractivity contribution in [3.05, 3.63) is 72.4 Å². The molecule has 1 saturated heterocycles. The summed E-state index contributed by atoms with van der Waals surface area (Å²) in [6, 6.07) is 12.6. The SMILES string of the molecule is CS(=O)(=O)Nc1ccccc1-c1ccc(N2CCC[C@@H](NC(=O)Nc3ccc(C(F)(F)F)cc3)C2=O)cn1. The average Bonchev–Trinajstić information content (AvgIpc) is 2.85.